The molecule has 1 N–H and O–H groups in total. The van der Waals surface area contributed by atoms with E-state index in [1.165, 1.54) is 14.0 Å². The molecule has 0 aliphatic heterocycles. The van der Waals surface area contributed by atoms with Crippen molar-refractivity contribution in [2.75, 3.05) is 13.7 Å². The SMILES string of the molecule is CCOC(=O)/C(N=Nc1ccsc1C(=O)OC)=C(\C)O. The summed E-state index contributed by atoms with van der Waals surface area (Å²) in [5.74, 6) is -1.65. The fourth-order valence-electron chi connectivity index (χ4n) is 1.19. The van der Waals surface area contributed by atoms with Crippen LogP contribution in [-0.4, -0.2) is 30.8 Å². The van der Waals surface area contributed by atoms with Gasteiger partial charge in [0.1, 0.15) is 16.3 Å². The van der Waals surface area contributed by atoms with Gasteiger partial charge in [-0.2, -0.15) is 0 Å². The van der Waals surface area contributed by atoms with Crippen LogP contribution in [0.1, 0.15) is 23.5 Å². The van der Waals surface area contributed by atoms with Crippen molar-refractivity contribution in [3.8, 4) is 0 Å². The third-order valence-electron chi connectivity index (χ3n) is 2.08. The number of aliphatic hydroxyl groups is 1. The summed E-state index contributed by atoms with van der Waals surface area (Å²) in [5, 5.41) is 18.5. The maximum absolute atomic E-state index is 11.5. The maximum Gasteiger partial charge on any atom is 0.362 e. The van der Waals surface area contributed by atoms with Crippen LogP contribution in [0.15, 0.2) is 33.1 Å². The number of carbonyl (C=O) groups excluding carboxylic acids is 2. The van der Waals surface area contributed by atoms with Crippen LogP contribution >= 0.6 is 11.3 Å². The summed E-state index contributed by atoms with van der Waals surface area (Å²) in [6.45, 7) is 3.07. The Morgan fingerprint density at radius 2 is 2.15 bits per heavy atom. The highest BCUT2D eigenvalue weighted by molar-refractivity contribution is 7.12. The average Bonchev–Trinajstić information content (AvgIpc) is 2.86. The quantitative estimate of drug-likeness (QED) is 0.390. The number of ether oxygens (including phenoxy) is 2. The van der Waals surface area contributed by atoms with Crippen molar-refractivity contribution in [2.45, 2.75) is 13.8 Å². The molecule has 0 fully saturated rings. The van der Waals surface area contributed by atoms with Gasteiger partial charge in [0.15, 0.2) is 0 Å². The molecule has 0 unspecified atom stereocenters. The van der Waals surface area contributed by atoms with Gasteiger partial charge >= 0.3 is 11.9 Å². The number of thiophene rings is 1. The average molecular weight is 298 g/mol. The lowest BCUT2D eigenvalue weighted by atomic mass is 10.4. The number of nitrogens with zero attached hydrogens (tertiary/aromatic N) is 2. The number of methoxy groups -OCH3 is 1. The Labute approximate surface area is 119 Å². The van der Waals surface area contributed by atoms with Crippen molar-refractivity contribution < 1.29 is 24.2 Å². The third-order valence-corrected chi connectivity index (χ3v) is 2.97. The van der Waals surface area contributed by atoms with Gasteiger partial charge in [0, 0.05) is 0 Å². The first kappa shape index (κ1) is 15.8. The highest BCUT2D eigenvalue weighted by atomic mass is 32.1. The molecule has 0 saturated heterocycles. The summed E-state index contributed by atoms with van der Waals surface area (Å²) in [4.78, 5) is 23.2. The van der Waals surface area contributed by atoms with Gasteiger partial charge in [-0.1, -0.05) is 0 Å². The molecule has 108 valence electrons. The number of esters is 2. The summed E-state index contributed by atoms with van der Waals surface area (Å²) >= 11 is 1.14. The van der Waals surface area contributed by atoms with Gasteiger partial charge in [0.2, 0.25) is 5.70 Å². The van der Waals surface area contributed by atoms with Gasteiger partial charge in [-0.25, -0.2) is 9.59 Å². The molecular formula is C12H14N2O5S. The van der Waals surface area contributed by atoms with Gasteiger partial charge in [-0.15, -0.1) is 21.6 Å². The Morgan fingerprint density at radius 3 is 2.70 bits per heavy atom. The first-order valence-corrected chi connectivity index (χ1v) is 6.53. The topological polar surface area (TPSA) is 97.6 Å². The Morgan fingerprint density at radius 1 is 1.45 bits per heavy atom. The van der Waals surface area contributed by atoms with E-state index in [0.29, 0.717) is 0 Å². The molecule has 0 saturated carbocycles. The highest BCUT2D eigenvalue weighted by Crippen LogP contribution is 2.27. The van der Waals surface area contributed by atoms with E-state index >= 15 is 0 Å². The van der Waals surface area contributed by atoms with Gasteiger partial charge < -0.3 is 14.6 Å². The van der Waals surface area contributed by atoms with E-state index < -0.39 is 11.9 Å². The van der Waals surface area contributed by atoms with Crippen LogP contribution in [-0.2, 0) is 14.3 Å². The Hall–Kier alpha value is -2.22. The molecular weight excluding hydrogens is 284 g/mol. The van der Waals surface area contributed by atoms with E-state index in [1.807, 2.05) is 0 Å². The first-order chi connectivity index (χ1) is 9.51. The molecule has 20 heavy (non-hydrogen) atoms. The normalized spacial score (nSPS) is 12.2. The number of rotatable bonds is 5. The maximum atomic E-state index is 11.5. The molecule has 0 aliphatic carbocycles. The fourth-order valence-corrected chi connectivity index (χ4v) is 1.93. The number of hydrogen-bond acceptors (Lipinski definition) is 8. The fraction of sp³-hybridized carbons (Fsp3) is 0.333. The third kappa shape index (κ3) is 3.89. The first-order valence-electron chi connectivity index (χ1n) is 5.65. The molecule has 0 atom stereocenters. The summed E-state index contributed by atoms with van der Waals surface area (Å²) < 4.78 is 9.33. The molecule has 0 aliphatic rings. The molecule has 1 rings (SSSR count). The molecule has 1 aromatic heterocycles. The monoisotopic (exact) mass is 298 g/mol. The van der Waals surface area contributed by atoms with Gasteiger partial charge in [-0.3, -0.25) is 0 Å². The number of aliphatic hydroxyl groups excluding tert-OH is 1. The predicted octanol–water partition coefficient (Wildman–Crippen LogP) is 2.97. The summed E-state index contributed by atoms with van der Waals surface area (Å²) in [6.07, 6.45) is 0. The van der Waals surface area contributed by atoms with Gasteiger partial charge in [0.25, 0.3) is 0 Å². The van der Waals surface area contributed by atoms with Crippen LogP contribution in [0.4, 0.5) is 5.69 Å². The van der Waals surface area contributed by atoms with Crippen LogP contribution in [0.25, 0.3) is 0 Å². The minimum absolute atomic E-state index is 0.150. The van der Waals surface area contributed by atoms with Crippen molar-refractivity contribution in [1.29, 1.82) is 0 Å². The van der Waals surface area contributed by atoms with Crippen molar-refractivity contribution in [2.24, 2.45) is 10.2 Å². The van der Waals surface area contributed by atoms with E-state index in [-0.39, 0.29) is 28.6 Å². The van der Waals surface area contributed by atoms with E-state index in [0.717, 1.165) is 11.3 Å². The smallest absolute Gasteiger partial charge is 0.362 e. The van der Waals surface area contributed by atoms with E-state index in [2.05, 4.69) is 15.0 Å². The van der Waals surface area contributed by atoms with Crippen LogP contribution < -0.4 is 0 Å². The molecule has 0 amide bonds. The molecule has 0 radical (unpaired) electrons. The van der Waals surface area contributed by atoms with Gasteiger partial charge in [-0.05, 0) is 25.3 Å². The Bertz CT molecular complexity index is 558. The van der Waals surface area contributed by atoms with Crippen molar-refractivity contribution >= 4 is 29.0 Å². The van der Waals surface area contributed by atoms with E-state index in [4.69, 9.17) is 4.74 Å². The minimum Gasteiger partial charge on any atom is -0.510 e. The number of allylic oxidation sites excluding steroid dienone is 1. The summed E-state index contributed by atoms with van der Waals surface area (Å²) in [5.41, 5.74) is -0.0567. The second-order valence-corrected chi connectivity index (χ2v) is 4.40. The number of carbonyl (C=O) groups is 2. The summed E-state index contributed by atoms with van der Waals surface area (Å²) in [7, 11) is 1.25. The lowest BCUT2D eigenvalue weighted by Gasteiger charge is -2.02. The molecule has 1 heterocycles. The highest BCUT2D eigenvalue weighted by Gasteiger charge is 2.16. The molecule has 0 spiro atoms. The van der Waals surface area contributed by atoms with Crippen LogP contribution in [0, 0.1) is 0 Å². The van der Waals surface area contributed by atoms with Crippen LogP contribution in [0.5, 0.6) is 0 Å². The molecule has 1 aromatic rings. The minimum atomic E-state index is -0.786. The van der Waals surface area contributed by atoms with Crippen molar-refractivity contribution in [1.82, 2.24) is 0 Å². The Balaban J connectivity index is 3.01. The second-order valence-electron chi connectivity index (χ2n) is 3.48. The van der Waals surface area contributed by atoms with Crippen LogP contribution in [0.3, 0.4) is 0 Å². The van der Waals surface area contributed by atoms with Gasteiger partial charge in [0.05, 0.1) is 13.7 Å². The number of hydrogen-bond donors (Lipinski definition) is 1. The largest absolute Gasteiger partial charge is 0.510 e. The van der Waals surface area contributed by atoms with E-state index in [1.54, 1.807) is 18.4 Å². The zero-order valence-corrected chi connectivity index (χ0v) is 12.1. The van der Waals surface area contributed by atoms with Crippen LogP contribution in [0.2, 0.25) is 0 Å². The van der Waals surface area contributed by atoms with Crippen molar-refractivity contribution in [3.05, 3.63) is 27.8 Å². The second kappa shape index (κ2) is 7.39. The molecule has 7 nitrogen and oxygen atoms in total. The molecule has 8 heteroatoms. The predicted molar refractivity (Wildman–Crippen MR) is 72.1 cm³/mol. The standard InChI is InChI=1S/C12H14N2O5S/c1-4-19-11(16)9(7(2)15)14-13-8-5-6-20-10(8)12(17)18-3/h5-6,15H,4H2,1-3H3/b9-7-,14-13?. The lowest BCUT2D eigenvalue weighted by molar-refractivity contribution is -0.138. The van der Waals surface area contributed by atoms with E-state index in [9.17, 15) is 14.7 Å². The molecule has 0 bridgehead atoms. The lowest BCUT2D eigenvalue weighted by Crippen LogP contribution is -2.07. The summed E-state index contributed by atoms with van der Waals surface area (Å²) in [6, 6.07) is 1.55. The zero-order valence-electron chi connectivity index (χ0n) is 11.2. The van der Waals surface area contributed by atoms with Crippen molar-refractivity contribution in [3.63, 3.8) is 0 Å². The number of azo groups is 1. The molecule has 0 aromatic carbocycles. The Kier molecular flexibility index (Phi) is 5.85. The zero-order chi connectivity index (χ0) is 15.1.